The van der Waals surface area contributed by atoms with Crippen molar-refractivity contribution in [2.45, 2.75) is 39.1 Å². The van der Waals surface area contributed by atoms with Gasteiger partial charge < -0.3 is 0 Å². The summed E-state index contributed by atoms with van der Waals surface area (Å²) in [6.45, 7) is 8.03. The van der Waals surface area contributed by atoms with Crippen LogP contribution >= 0.6 is 11.3 Å². The summed E-state index contributed by atoms with van der Waals surface area (Å²) >= 11 is 1.12. The van der Waals surface area contributed by atoms with E-state index in [4.69, 9.17) is 0 Å². The lowest BCUT2D eigenvalue weighted by atomic mass is 10.1. The molecule has 0 aliphatic heterocycles. The van der Waals surface area contributed by atoms with E-state index in [1.165, 1.54) is 0 Å². The van der Waals surface area contributed by atoms with Gasteiger partial charge in [0.2, 0.25) is 0 Å². The van der Waals surface area contributed by atoms with E-state index in [1.54, 1.807) is 36.6 Å². The molecule has 0 amide bonds. The van der Waals surface area contributed by atoms with E-state index in [-0.39, 0.29) is 4.87 Å². The molecule has 2 aromatic carbocycles. The molecule has 0 saturated carbocycles. The summed E-state index contributed by atoms with van der Waals surface area (Å²) in [6.07, 6.45) is 0. The second-order valence-corrected chi connectivity index (χ2v) is 8.74. The molecule has 0 bridgehead atoms. The highest BCUT2D eigenvalue weighted by Gasteiger charge is 2.20. The number of nitrogens with one attached hydrogen (secondary N) is 1. The summed E-state index contributed by atoms with van der Waals surface area (Å²) in [4.78, 5) is 12.2. The van der Waals surface area contributed by atoms with E-state index in [1.807, 2.05) is 26.0 Å². The number of nitrogens with zero attached hydrogens (tertiary/aromatic N) is 1. The van der Waals surface area contributed by atoms with Crippen molar-refractivity contribution in [1.82, 2.24) is 4.57 Å². The van der Waals surface area contributed by atoms with Gasteiger partial charge in [0.25, 0.3) is 10.0 Å². The van der Waals surface area contributed by atoms with Crippen molar-refractivity contribution in [2.24, 2.45) is 0 Å². The lowest BCUT2D eigenvalue weighted by molar-refractivity contribution is 0.600. The van der Waals surface area contributed by atoms with E-state index in [0.717, 1.165) is 27.1 Å². The van der Waals surface area contributed by atoms with Gasteiger partial charge >= 0.3 is 4.87 Å². The van der Waals surface area contributed by atoms with Crippen molar-refractivity contribution in [3.05, 3.63) is 56.7 Å². The summed E-state index contributed by atoms with van der Waals surface area (Å²) in [5, 5.41) is 0. The molecule has 132 valence electrons. The van der Waals surface area contributed by atoms with E-state index in [2.05, 4.69) is 4.72 Å². The van der Waals surface area contributed by atoms with Crippen molar-refractivity contribution >= 4 is 37.3 Å². The van der Waals surface area contributed by atoms with Crippen LogP contribution in [0.25, 0.3) is 10.2 Å². The molecule has 0 aliphatic carbocycles. The first kappa shape index (κ1) is 17.7. The second kappa shape index (κ2) is 6.31. The van der Waals surface area contributed by atoms with Gasteiger partial charge in [0.15, 0.2) is 0 Å². The smallest absolute Gasteiger partial charge is 0.299 e. The van der Waals surface area contributed by atoms with Crippen LogP contribution in [0.15, 0.2) is 40.0 Å². The SMILES string of the molecule is CCn1c(=O)sc2cc(NS(=O)(=O)c3c(C)cc(C)cc3C)ccc21. The van der Waals surface area contributed by atoms with Crippen molar-refractivity contribution < 1.29 is 8.42 Å². The second-order valence-electron chi connectivity index (χ2n) is 6.13. The summed E-state index contributed by atoms with van der Waals surface area (Å²) in [6, 6.07) is 8.90. The highest BCUT2D eigenvalue weighted by atomic mass is 32.2. The molecule has 0 unspecified atom stereocenters. The maximum Gasteiger partial charge on any atom is 0.308 e. The highest BCUT2D eigenvalue weighted by molar-refractivity contribution is 7.92. The van der Waals surface area contributed by atoms with Gasteiger partial charge in [0.1, 0.15) is 0 Å². The van der Waals surface area contributed by atoms with Gasteiger partial charge in [-0.1, -0.05) is 29.0 Å². The van der Waals surface area contributed by atoms with Crippen LogP contribution in [0.1, 0.15) is 23.6 Å². The normalized spacial score (nSPS) is 11.8. The zero-order valence-corrected chi connectivity index (χ0v) is 16.2. The van der Waals surface area contributed by atoms with Gasteiger partial charge in [-0.15, -0.1) is 0 Å². The Labute approximate surface area is 151 Å². The minimum atomic E-state index is -3.70. The zero-order valence-electron chi connectivity index (χ0n) is 14.6. The third-order valence-electron chi connectivity index (χ3n) is 4.11. The number of hydrogen-bond donors (Lipinski definition) is 1. The number of aryl methyl sites for hydroxylation is 4. The fourth-order valence-electron chi connectivity index (χ4n) is 3.23. The van der Waals surface area contributed by atoms with Crippen LogP contribution in [0.3, 0.4) is 0 Å². The molecule has 1 N–H and O–H groups in total. The van der Waals surface area contributed by atoms with Gasteiger partial charge in [-0.3, -0.25) is 14.1 Å². The Balaban J connectivity index is 2.04. The number of aromatic nitrogens is 1. The van der Waals surface area contributed by atoms with E-state index in [9.17, 15) is 13.2 Å². The Hall–Kier alpha value is -2.12. The molecule has 25 heavy (non-hydrogen) atoms. The standard InChI is InChI=1S/C18H20N2O3S2/c1-5-20-15-7-6-14(10-16(15)24-18(20)21)19-25(22,23)17-12(3)8-11(2)9-13(17)4/h6-10,19H,5H2,1-4H3. The first-order chi connectivity index (χ1) is 11.7. The number of hydrogen-bond acceptors (Lipinski definition) is 4. The van der Waals surface area contributed by atoms with Crippen molar-refractivity contribution in [3.63, 3.8) is 0 Å². The number of benzene rings is 2. The van der Waals surface area contributed by atoms with Crippen LogP contribution in [-0.4, -0.2) is 13.0 Å². The monoisotopic (exact) mass is 376 g/mol. The minimum Gasteiger partial charge on any atom is -0.299 e. The third kappa shape index (κ3) is 3.21. The number of anilines is 1. The molecule has 7 heteroatoms. The minimum absolute atomic E-state index is 0.0391. The molecule has 5 nitrogen and oxygen atoms in total. The Bertz CT molecular complexity index is 1100. The molecule has 3 rings (SSSR count). The van der Waals surface area contributed by atoms with Gasteiger partial charge in [-0.2, -0.15) is 0 Å². The quantitative estimate of drug-likeness (QED) is 0.753. The summed E-state index contributed by atoms with van der Waals surface area (Å²) in [7, 11) is -3.70. The number of sulfonamides is 1. The molecule has 0 saturated heterocycles. The maximum atomic E-state index is 12.8. The molecular weight excluding hydrogens is 356 g/mol. The molecule has 3 aromatic rings. The average molecular weight is 377 g/mol. The van der Waals surface area contributed by atoms with Crippen LogP contribution in [-0.2, 0) is 16.6 Å². The molecule has 0 spiro atoms. The lowest BCUT2D eigenvalue weighted by Gasteiger charge is -2.14. The molecule has 0 radical (unpaired) electrons. The molecule has 0 atom stereocenters. The third-order valence-corrected chi connectivity index (χ3v) is 6.74. The van der Waals surface area contributed by atoms with Crippen molar-refractivity contribution in [1.29, 1.82) is 0 Å². The maximum absolute atomic E-state index is 12.8. The van der Waals surface area contributed by atoms with Gasteiger partial charge in [-0.05, 0) is 57.0 Å². The first-order valence-electron chi connectivity index (χ1n) is 7.97. The van der Waals surface area contributed by atoms with E-state index >= 15 is 0 Å². The zero-order chi connectivity index (χ0) is 18.4. The molecule has 1 aromatic heterocycles. The topological polar surface area (TPSA) is 68.2 Å². The fourth-order valence-corrected chi connectivity index (χ4v) is 5.73. The molecule has 0 fully saturated rings. The number of rotatable bonds is 4. The number of thiazole rings is 1. The van der Waals surface area contributed by atoms with Crippen LogP contribution in [0.4, 0.5) is 5.69 Å². The predicted octanol–water partition coefficient (Wildman–Crippen LogP) is 3.81. The summed E-state index contributed by atoms with van der Waals surface area (Å²) < 4.78 is 30.8. The number of fused-ring (bicyclic) bond motifs is 1. The molecule has 1 heterocycles. The van der Waals surface area contributed by atoms with Crippen molar-refractivity contribution in [3.8, 4) is 0 Å². The van der Waals surface area contributed by atoms with Crippen LogP contribution in [0, 0.1) is 20.8 Å². The Morgan fingerprint density at radius 3 is 2.32 bits per heavy atom. The fraction of sp³-hybridized carbons (Fsp3) is 0.278. The largest absolute Gasteiger partial charge is 0.308 e. The Morgan fingerprint density at radius 1 is 1.08 bits per heavy atom. The summed E-state index contributed by atoms with van der Waals surface area (Å²) in [5.74, 6) is 0. The van der Waals surface area contributed by atoms with Gasteiger partial charge in [0, 0.05) is 6.54 Å². The van der Waals surface area contributed by atoms with Crippen LogP contribution in [0.5, 0.6) is 0 Å². The summed E-state index contributed by atoms with van der Waals surface area (Å²) in [5.41, 5.74) is 3.74. The predicted molar refractivity (Wildman–Crippen MR) is 103 cm³/mol. The van der Waals surface area contributed by atoms with Gasteiger partial charge in [0.05, 0.1) is 20.8 Å². The van der Waals surface area contributed by atoms with Crippen LogP contribution in [0.2, 0.25) is 0 Å². The molecular formula is C18H20N2O3S2. The lowest BCUT2D eigenvalue weighted by Crippen LogP contribution is -2.16. The Kier molecular flexibility index (Phi) is 4.47. The highest BCUT2D eigenvalue weighted by Crippen LogP contribution is 2.27. The van der Waals surface area contributed by atoms with Gasteiger partial charge in [-0.25, -0.2) is 8.42 Å². The first-order valence-corrected chi connectivity index (χ1v) is 10.3. The van der Waals surface area contributed by atoms with Crippen molar-refractivity contribution in [2.75, 3.05) is 4.72 Å². The average Bonchev–Trinajstić information content (AvgIpc) is 2.79. The molecule has 0 aliphatic rings. The Morgan fingerprint density at radius 2 is 1.72 bits per heavy atom. The van der Waals surface area contributed by atoms with E-state index in [0.29, 0.717) is 28.3 Å². The van der Waals surface area contributed by atoms with Crippen LogP contribution < -0.4 is 9.60 Å². The van der Waals surface area contributed by atoms with E-state index < -0.39 is 10.0 Å².